The first-order valence-corrected chi connectivity index (χ1v) is 41.6. The van der Waals surface area contributed by atoms with Crippen LogP contribution in [0.2, 0.25) is 0 Å². The Bertz CT molecular complexity index is 5770. The van der Waals surface area contributed by atoms with E-state index in [2.05, 4.69) is 69.1 Å². The number of nitrogens with two attached hydrogens (primary N) is 1. The van der Waals surface area contributed by atoms with E-state index < -0.39 is 172 Å². The predicted molar refractivity (Wildman–Crippen MR) is 478 cm³/mol. The highest BCUT2D eigenvalue weighted by Gasteiger charge is 2.34. The Kier molecular flexibility index (Phi) is 44.5. The number of nitro groups is 1. The third-order valence-corrected chi connectivity index (χ3v) is 20.6. The van der Waals surface area contributed by atoms with Crippen LogP contribution in [0, 0.1) is 10.1 Å². The molecule has 1 aromatic heterocycles. The summed E-state index contributed by atoms with van der Waals surface area (Å²) in [5, 5.41) is 25.0. The number of hydrogen-bond acceptors (Lipinski definition) is 30. The highest BCUT2D eigenvalue weighted by molar-refractivity contribution is 6.43. The monoisotopic (exact) mass is 1990 g/mol. The molecule has 3 unspecified atom stereocenters. The maximum absolute atomic E-state index is 12.6. The maximum Gasteiger partial charge on any atom is 0.338 e. The standard InChI is InChI=1S/C24H26F2N4O2.C13H14F2N2O6.C13H13F2NO3.C13H11F2NO3.C12H9F2NO3.C12H9F2NO2.C5H9F2NO2.ClH/c1-2-22(31)20-6-4-18(14-27-20)30-9-7-29(8-10-30)15-16-3-5-19-17(11-16)12-23(32)21(28-19)13-24(25)26;1-22-12(18)7-3-4-8(10(5-7)17(20)21)16-9(6-11(14)15)13(19)23-2;2*1-19-13(18)7-2-3-9-8(4-7)5-11(17)10(16-9)6-12(14)15;13-11(14)5-9-10(16)4-7-3-6(12(17)18)1-2-8(7)15-9;13-12(14)5-10-11(17)4-8-3-7(6-16)1-2-9(8)15-10;1-10-5(9)3(8)2-4(6)7;/h3-6,11,14,24H,2,7-10,12-13,15H2,1H3;3-5,9,11,16H,6H2,1-2H3;2-4,10,12,16H,5-6H2,1H3;2-4,12H,5-6H2,1H3;1-3,11H,4-5H2,(H,17,18);1-3,6,12H,4-5H2;3-4H,2,8H2,1H3;1H. The fraction of sp³-hybridized carbons (Fsp3) is 0.370. The van der Waals surface area contributed by atoms with Crippen LogP contribution in [0.25, 0.3) is 0 Å². The summed E-state index contributed by atoms with van der Waals surface area (Å²) in [6, 6.07) is 27.2. The van der Waals surface area contributed by atoms with E-state index in [1.54, 1.807) is 42.6 Å². The van der Waals surface area contributed by atoms with Crippen LogP contribution in [0.4, 0.5) is 107 Å². The summed E-state index contributed by atoms with van der Waals surface area (Å²) in [5.41, 5.74) is 13.1. The SMILES string of the molecule is CCC(=O)c1ccc(N2CCN(Cc3ccc4c(c3)CC(=O)C(CC(F)F)=N4)CC2)cn1.COC(=O)C(N)CC(F)F.COC(=O)c1ccc(NC(CC(F)F)C(=O)OC)c([N+](=O)[O-])c1.COC(=O)c1ccc2c(c1)CC(=O)C(CC(F)F)=N2.COC(=O)c1ccc2c(c1)CC(=O)C(CC(F)F)N2.Cl.O=C1Cc2cc(C(=O)O)ccc2N=C1CC(F)F.O=Cc1ccc2c(c1)CC(=O)C(CC(F)F)=N2. The quantitative estimate of drug-likeness (QED) is 0.00643. The summed E-state index contributed by atoms with van der Waals surface area (Å²) in [5.74, 6) is -6.59. The van der Waals surface area contributed by atoms with Crippen LogP contribution in [0.15, 0.2) is 147 Å². The van der Waals surface area contributed by atoms with E-state index in [0.29, 0.717) is 85.8 Å². The Labute approximate surface area is 789 Å². The molecule has 746 valence electrons. The molecule has 0 aliphatic carbocycles. The molecule has 6 aliphatic heterocycles. The Morgan fingerprint density at radius 3 is 1.35 bits per heavy atom. The molecule has 7 aromatic rings. The number of nitro benzene ring substituents is 1. The van der Waals surface area contributed by atoms with Gasteiger partial charge in [0.05, 0.1) is 152 Å². The Balaban J connectivity index is 0.000000254. The van der Waals surface area contributed by atoms with Crippen LogP contribution in [-0.4, -0.2) is 244 Å². The minimum atomic E-state index is -2.82. The Morgan fingerprint density at radius 2 is 0.935 bits per heavy atom. The molecule has 1 fully saturated rings. The number of alkyl halides is 14. The van der Waals surface area contributed by atoms with Crippen molar-refractivity contribution >= 4 is 158 Å². The predicted octanol–water partition coefficient (Wildman–Crippen LogP) is 15.4. The van der Waals surface area contributed by atoms with E-state index in [0.717, 1.165) is 83.0 Å². The molecular weight excluding hydrogens is 1900 g/mol. The topological polar surface area (TPSA) is 450 Å². The van der Waals surface area contributed by atoms with Gasteiger partial charge in [0.2, 0.25) is 45.0 Å². The first-order chi connectivity index (χ1) is 65.4. The number of piperazine rings is 1. The molecular formula is C92H92ClF14N11O21. The summed E-state index contributed by atoms with van der Waals surface area (Å²) < 4.78 is 194. The molecule has 6 aromatic carbocycles. The number of pyridine rings is 1. The number of aliphatic imine (C=N–C) groups is 4. The van der Waals surface area contributed by atoms with Gasteiger partial charge < -0.3 is 50.1 Å². The van der Waals surface area contributed by atoms with E-state index in [1.165, 1.54) is 62.8 Å². The molecule has 0 radical (unpaired) electrons. The zero-order valence-electron chi connectivity index (χ0n) is 74.7. The molecule has 47 heteroatoms. The van der Waals surface area contributed by atoms with Crippen molar-refractivity contribution in [2.24, 2.45) is 25.7 Å². The number of carbonyl (C=O) groups excluding carboxylic acids is 12. The molecule has 5 N–H and O–H groups in total. The number of aromatic carboxylic acids is 1. The minimum absolute atomic E-state index is 0. The zero-order chi connectivity index (χ0) is 102. The first kappa shape index (κ1) is 113. The average molecular weight is 1990 g/mol. The fourth-order valence-corrected chi connectivity index (χ4v) is 13.7. The van der Waals surface area contributed by atoms with Crippen molar-refractivity contribution in [3.05, 3.63) is 205 Å². The second-order valence-corrected chi connectivity index (χ2v) is 30.3. The van der Waals surface area contributed by atoms with Gasteiger partial charge in [-0.25, -0.2) is 105 Å². The third-order valence-electron chi connectivity index (χ3n) is 20.6. The lowest BCUT2D eigenvalue weighted by atomic mass is 9.94. The van der Waals surface area contributed by atoms with Gasteiger partial charge in [0.15, 0.2) is 34.7 Å². The van der Waals surface area contributed by atoms with E-state index in [9.17, 15) is 134 Å². The van der Waals surface area contributed by atoms with Crippen LogP contribution < -0.4 is 21.3 Å². The molecule has 0 amide bonds. The number of rotatable bonds is 29. The second-order valence-electron chi connectivity index (χ2n) is 30.3. The van der Waals surface area contributed by atoms with Gasteiger partial charge in [0, 0.05) is 108 Å². The fourth-order valence-electron chi connectivity index (χ4n) is 13.7. The lowest BCUT2D eigenvalue weighted by molar-refractivity contribution is -0.384. The van der Waals surface area contributed by atoms with Gasteiger partial charge >= 0.3 is 35.8 Å². The highest BCUT2D eigenvalue weighted by Crippen LogP contribution is 2.35. The van der Waals surface area contributed by atoms with Gasteiger partial charge in [-0.3, -0.25) is 58.4 Å². The number of carboxylic acids is 1. The minimum Gasteiger partial charge on any atom is -0.478 e. The number of benzene rings is 6. The van der Waals surface area contributed by atoms with Gasteiger partial charge in [0.25, 0.3) is 5.69 Å². The number of ether oxygens (including phenoxy) is 5. The van der Waals surface area contributed by atoms with Crippen LogP contribution in [0.3, 0.4) is 0 Å². The second kappa shape index (κ2) is 54.6. The van der Waals surface area contributed by atoms with Gasteiger partial charge in [-0.2, -0.15) is 0 Å². The number of carboxylic acid groups (broad SMARTS) is 1. The first-order valence-electron chi connectivity index (χ1n) is 41.6. The van der Waals surface area contributed by atoms with Crippen molar-refractivity contribution in [2.45, 2.75) is 160 Å². The number of esters is 5. The molecule has 6 aliphatic rings. The lowest BCUT2D eigenvalue weighted by Gasteiger charge is -2.36. The van der Waals surface area contributed by atoms with Crippen LogP contribution >= 0.6 is 12.4 Å². The van der Waals surface area contributed by atoms with Gasteiger partial charge in [-0.1, -0.05) is 19.1 Å². The van der Waals surface area contributed by atoms with E-state index >= 15 is 0 Å². The molecule has 0 saturated carbocycles. The van der Waals surface area contributed by atoms with Gasteiger partial charge in [0.1, 0.15) is 29.8 Å². The van der Waals surface area contributed by atoms with Crippen LogP contribution in [0.1, 0.15) is 154 Å². The molecule has 0 bridgehead atoms. The smallest absolute Gasteiger partial charge is 0.338 e. The molecule has 1 saturated heterocycles. The summed E-state index contributed by atoms with van der Waals surface area (Å²) in [6.07, 6.45) is -19.8. The van der Waals surface area contributed by atoms with Crippen molar-refractivity contribution in [3.8, 4) is 0 Å². The number of fused-ring (bicyclic) bond motifs is 5. The molecule has 0 spiro atoms. The number of carbonyl (C=O) groups is 13. The number of methoxy groups -OCH3 is 5. The van der Waals surface area contributed by atoms with E-state index in [-0.39, 0.29) is 102 Å². The number of aldehydes is 1. The van der Waals surface area contributed by atoms with Crippen LogP contribution in [0.5, 0.6) is 0 Å². The molecule has 3 atom stereocenters. The normalized spacial score (nSPS) is 14.8. The Hall–Kier alpha value is -14.3. The van der Waals surface area contributed by atoms with Crippen molar-refractivity contribution < 1.29 is 158 Å². The molecule has 7 heterocycles. The van der Waals surface area contributed by atoms with Crippen LogP contribution in [-0.2, 0) is 95.9 Å². The lowest BCUT2D eigenvalue weighted by Crippen LogP contribution is -2.46. The van der Waals surface area contributed by atoms with E-state index in [1.807, 2.05) is 31.2 Å². The largest absolute Gasteiger partial charge is 0.478 e. The number of nitrogens with zero attached hydrogens (tertiary/aromatic N) is 8. The summed E-state index contributed by atoms with van der Waals surface area (Å²) in [7, 11) is 5.75. The number of Topliss-reactive ketones (excluding diaryl/α,β-unsaturated/α-hetero) is 6. The third kappa shape index (κ3) is 34.7. The Morgan fingerprint density at radius 1 is 0.511 bits per heavy atom. The number of hydrogen-bond donors (Lipinski definition) is 4. The maximum atomic E-state index is 12.6. The van der Waals surface area contributed by atoms with Crippen molar-refractivity contribution in [1.82, 2.24) is 9.88 Å². The van der Waals surface area contributed by atoms with Gasteiger partial charge in [-0.05, 0) is 137 Å². The number of aromatic nitrogens is 1. The van der Waals surface area contributed by atoms with Crippen molar-refractivity contribution in [1.29, 1.82) is 0 Å². The van der Waals surface area contributed by atoms with Crippen molar-refractivity contribution in [2.75, 3.05) is 77.3 Å². The number of nitrogens with one attached hydrogen (secondary N) is 2. The number of halogens is 15. The van der Waals surface area contributed by atoms with E-state index in [4.69, 9.17) is 10.8 Å². The molecule has 13 rings (SSSR count). The summed E-state index contributed by atoms with van der Waals surface area (Å²) in [4.78, 5) is 183. The summed E-state index contributed by atoms with van der Waals surface area (Å²) in [6.45, 7) is 6.05. The number of ketones is 6. The zero-order valence-corrected chi connectivity index (χ0v) is 75.5. The summed E-state index contributed by atoms with van der Waals surface area (Å²) >= 11 is 0. The highest BCUT2D eigenvalue weighted by atomic mass is 35.5. The molecule has 139 heavy (non-hydrogen) atoms. The van der Waals surface area contributed by atoms with Gasteiger partial charge in [-0.15, -0.1) is 12.4 Å². The number of anilines is 3. The average Bonchev–Trinajstić information content (AvgIpc) is 0.823. The molecule has 32 nitrogen and oxygen atoms in total. The van der Waals surface area contributed by atoms with Crippen molar-refractivity contribution in [3.63, 3.8) is 0 Å².